The fourth-order valence-corrected chi connectivity index (χ4v) is 1.78. The van der Waals surface area contributed by atoms with Gasteiger partial charge in [0.05, 0.1) is 12.2 Å². The number of hydrogen-bond donors (Lipinski definition) is 3. The Morgan fingerprint density at radius 2 is 1.31 bits per heavy atom. The average molecular weight is 232 g/mol. The highest BCUT2D eigenvalue weighted by Gasteiger charge is 2.05. The minimum atomic E-state index is -0.298. The first-order chi connectivity index (χ1) is 7.66. The Labute approximate surface area is 99.5 Å². The minimum absolute atomic E-state index is 0.243. The van der Waals surface area contributed by atoms with Gasteiger partial charge in [-0.1, -0.05) is 32.1 Å². The van der Waals surface area contributed by atoms with Gasteiger partial charge in [-0.3, -0.25) is 0 Å². The molecule has 2 unspecified atom stereocenters. The first-order valence-corrected chi connectivity index (χ1v) is 6.63. The standard InChI is InChI=1S/C13H28O3/c1-12(15)9-10-13(16)8-6-4-2-3-5-7-11-14/h12-16H,2-11H2,1H3. The number of aliphatic hydroxyl groups excluding tert-OH is 3. The maximum Gasteiger partial charge on any atom is 0.0541 e. The molecule has 0 aliphatic rings. The third-order valence-corrected chi connectivity index (χ3v) is 2.86. The van der Waals surface area contributed by atoms with Gasteiger partial charge in [0.25, 0.3) is 0 Å². The van der Waals surface area contributed by atoms with Crippen LogP contribution in [0, 0.1) is 0 Å². The fraction of sp³-hybridized carbons (Fsp3) is 1.00. The lowest BCUT2D eigenvalue weighted by Gasteiger charge is -2.11. The number of hydrogen-bond acceptors (Lipinski definition) is 3. The van der Waals surface area contributed by atoms with Crippen molar-refractivity contribution in [2.45, 2.75) is 76.9 Å². The van der Waals surface area contributed by atoms with Crippen LogP contribution in [-0.4, -0.2) is 34.1 Å². The van der Waals surface area contributed by atoms with Crippen molar-refractivity contribution in [3.63, 3.8) is 0 Å². The summed E-state index contributed by atoms with van der Waals surface area (Å²) in [4.78, 5) is 0. The van der Waals surface area contributed by atoms with E-state index in [1.165, 1.54) is 12.8 Å². The predicted octanol–water partition coefficient (Wildman–Crippen LogP) is 2.23. The molecule has 0 aromatic rings. The largest absolute Gasteiger partial charge is 0.396 e. The molecular formula is C13H28O3. The topological polar surface area (TPSA) is 60.7 Å². The fourth-order valence-electron chi connectivity index (χ4n) is 1.78. The molecule has 0 aromatic carbocycles. The molecule has 0 rings (SSSR count). The molecule has 0 amide bonds. The number of aliphatic hydroxyl groups is 3. The van der Waals surface area contributed by atoms with E-state index in [1.807, 2.05) is 0 Å². The van der Waals surface area contributed by atoms with Crippen LogP contribution in [0.25, 0.3) is 0 Å². The molecule has 0 saturated heterocycles. The van der Waals surface area contributed by atoms with Gasteiger partial charge in [0, 0.05) is 6.61 Å². The Hall–Kier alpha value is -0.120. The molecule has 3 heteroatoms. The Balaban J connectivity index is 3.12. The summed E-state index contributed by atoms with van der Waals surface area (Å²) < 4.78 is 0. The summed E-state index contributed by atoms with van der Waals surface area (Å²) in [6.07, 6.45) is 8.36. The van der Waals surface area contributed by atoms with Crippen LogP contribution >= 0.6 is 0 Å². The first-order valence-electron chi connectivity index (χ1n) is 6.63. The molecular weight excluding hydrogens is 204 g/mol. The molecule has 98 valence electrons. The van der Waals surface area contributed by atoms with Crippen LogP contribution in [0.2, 0.25) is 0 Å². The highest BCUT2D eigenvalue weighted by atomic mass is 16.3. The molecule has 0 aliphatic carbocycles. The van der Waals surface area contributed by atoms with E-state index < -0.39 is 0 Å². The Morgan fingerprint density at radius 1 is 0.750 bits per heavy atom. The Bertz CT molecular complexity index is 137. The van der Waals surface area contributed by atoms with E-state index in [1.54, 1.807) is 6.92 Å². The van der Waals surface area contributed by atoms with Crippen molar-refractivity contribution in [1.29, 1.82) is 0 Å². The van der Waals surface area contributed by atoms with E-state index in [2.05, 4.69) is 0 Å². The van der Waals surface area contributed by atoms with Crippen LogP contribution in [0.4, 0.5) is 0 Å². The van der Waals surface area contributed by atoms with Gasteiger partial charge in [-0.05, 0) is 32.6 Å². The summed E-state index contributed by atoms with van der Waals surface area (Å²) in [7, 11) is 0. The van der Waals surface area contributed by atoms with E-state index in [9.17, 15) is 5.11 Å². The highest BCUT2D eigenvalue weighted by molar-refractivity contribution is 4.59. The van der Waals surface area contributed by atoms with E-state index >= 15 is 0 Å². The van der Waals surface area contributed by atoms with Crippen molar-refractivity contribution in [2.75, 3.05) is 6.61 Å². The lowest BCUT2D eigenvalue weighted by atomic mass is 10.0. The van der Waals surface area contributed by atoms with Crippen LogP contribution in [0.15, 0.2) is 0 Å². The zero-order chi connectivity index (χ0) is 12.2. The molecule has 3 nitrogen and oxygen atoms in total. The second kappa shape index (κ2) is 11.4. The van der Waals surface area contributed by atoms with Crippen molar-refractivity contribution in [3.8, 4) is 0 Å². The van der Waals surface area contributed by atoms with Crippen LogP contribution in [-0.2, 0) is 0 Å². The van der Waals surface area contributed by atoms with Gasteiger partial charge in [-0.2, -0.15) is 0 Å². The smallest absolute Gasteiger partial charge is 0.0541 e. The lowest BCUT2D eigenvalue weighted by molar-refractivity contribution is 0.114. The van der Waals surface area contributed by atoms with Crippen molar-refractivity contribution in [1.82, 2.24) is 0 Å². The van der Waals surface area contributed by atoms with Crippen molar-refractivity contribution >= 4 is 0 Å². The van der Waals surface area contributed by atoms with Crippen LogP contribution < -0.4 is 0 Å². The molecule has 0 bridgehead atoms. The normalized spacial score (nSPS) is 15.0. The number of rotatable bonds is 11. The van der Waals surface area contributed by atoms with Crippen molar-refractivity contribution < 1.29 is 15.3 Å². The zero-order valence-electron chi connectivity index (χ0n) is 10.6. The van der Waals surface area contributed by atoms with Gasteiger partial charge in [-0.15, -0.1) is 0 Å². The first kappa shape index (κ1) is 15.9. The highest BCUT2D eigenvalue weighted by Crippen LogP contribution is 2.11. The summed E-state index contributed by atoms with van der Waals surface area (Å²) in [5.74, 6) is 0. The molecule has 2 atom stereocenters. The Kier molecular flexibility index (Phi) is 11.3. The van der Waals surface area contributed by atoms with Gasteiger partial charge in [0.15, 0.2) is 0 Å². The maximum absolute atomic E-state index is 9.59. The van der Waals surface area contributed by atoms with Crippen molar-refractivity contribution in [3.05, 3.63) is 0 Å². The van der Waals surface area contributed by atoms with Gasteiger partial charge in [0.2, 0.25) is 0 Å². The molecule has 0 fully saturated rings. The van der Waals surface area contributed by atoms with Gasteiger partial charge >= 0.3 is 0 Å². The minimum Gasteiger partial charge on any atom is -0.396 e. The van der Waals surface area contributed by atoms with Crippen LogP contribution in [0.5, 0.6) is 0 Å². The van der Waals surface area contributed by atoms with Crippen LogP contribution in [0.3, 0.4) is 0 Å². The predicted molar refractivity (Wildman–Crippen MR) is 66.3 cm³/mol. The van der Waals surface area contributed by atoms with Gasteiger partial charge < -0.3 is 15.3 Å². The molecule has 0 spiro atoms. The second-order valence-electron chi connectivity index (χ2n) is 4.71. The SMILES string of the molecule is CC(O)CCC(O)CCCCCCCCO. The van der Waals surface area contributed by atoms with E-state index in [0.717, 1.165) is 32.1 Å². The summed E-state index contributed by atoms with van der Waals surface area (Å²) in [5, 5.41) is 27.2. The molecule has 3 N–H and O–H groups in total. The molecule has 0 saturated carbocycles. The van der Waals surface area contributed by atoms with Crippen molar-refractivity contribution in [2.24, 2.45) is 0 Å². The molecule has 0 aromatic heterocycles. The second-order valence-corrected chi connectivity index (χ2v) is 4.71. The summed E-state index contributed by atoms with van der Waals surface area (Å²) in [6, 6.07) is 0. The quantitative estimate of drug-likeness (QED) is 0.479. The monoisotopic (exact) mass is 232 g/mol. The van der Waals surface area contributed by atoms with Crippen LogP contribution in [0.1, 0.15) is 64.7 Å². The van der Waals surface area contributed by atoms with Gasteiger partial charge in [0.1, 0.15) is 0 Å². The molecule has 0 aliphatic heterocycles. The van der Waals surface area contributed by atoms with E-state index in [4.69, 9.17) is 10.2 Å². The lowest BCUT2D eigenvalue weighted by Crippen LogP contribution is -2.10. The summed E-state index contributed by atoms with van der Waals surface area (Å²) in [5.41, 5.74) is 0. The third-order valence-electron chi connectivity index (χ3n) is 2.86. The molecule has 0 heterocycles. The average Bonchev–Trinajstić information content (AvgIpc) is 2.25. The zero-order valence-corrected chi connectivity index (χ0v) is 10.6. The summed E-state index contributed by atoms with van der Waals surface area (Å²) >= 11 is 0. The van der Waals surface area contributed by atoms with E-state index in [-0.39, 0.29) is 12.2 Å². The molecule has 0 radical (unpaired) electrons. The van der Waals surface area contributed by atoms with Gasteiger partial charge in [-0.25, -0.2) is 0 Å². The Morgan fingerprint density at radius 3 is 1.88 bits per heavy atom. The number of unbranched alkanes of at least 4 members (excludes halogenated alkanes) is 5. The maximum atomic E-state index is 9.59. The van der Waals surface area contributed by atoms with E-state index in [0.29, 0.717) is 19.4 Å². The molecule has 16 heavy (non-hydrogen) atoms. The third kappa shape index (κ3) is 12.0. The summed E-state index contributed by atoms with van der Waals surface area (Å²) in [6.45, 7) is 2.06.